The zero-order chi connectivity index (χ0) is 36.9. The highest BCUT2D eigenvalue weighted by atomic mass is 16.3. The van der Waals surface area contributed by atoms with E-state index in [0.29, 0.717) is 6.54 Å². The minimum atomic E-state index is 0.606. The maximum Gasteiger partial charge on any atom is 0.136 e. The van der Waals surface area contributed by atoms with Gasteiger partial charge < -0.3 is 15.6 Å². The third-order valence-corrected chi connectivity index (χ3v) is 10.0. The topological polar surface area (TPSA) is 63.0 Å². The third kappa shape index (κ3) is 6.89. The molecule has 0 spiro atoms. The Morgan fingerprint density at radius 3 is 1.43 bits per heavy atom. The molecule has 0 aliphatic heterocycles. The van der Waals surface area contributed by atoms with E-state index in [1.54, 1.807) is 0 Å². The van der Waals surface area contributed by atoms with Crippen LogP contribution in [0.5, 0.6) is 0 Å². The van der Waals surface area contributed by atoms with Crippen molar-refractivity contribution in [3.63, 3.8) is 0 Å². The van der Waals surface area contributed by atoms with E-state index in [0.717, 1.165) is 27.5 Å². The lowest BCUT2D eigenvalue weighted by molar-refractivity contribution is 0.669. The highest BCUT2D eigenvalue weighted by Gasteiger charge is 2.14. The molecule has 0 aliphatic rings. The van der Waals surface area contributed by atoms with Gasteiger partial charge in [0.05, 0.1) is 0 Å². The monoisotopic (exact) mass is 696 g/mol. The molecule has 9 aromatic carbocycles. The number of aryl methyl sites for hydroxylation is 1. The third-order valence-electron chi connectivity index (χ3n) is 10.0. The lowest BCUT2D eigenvalue weighted by Gasteiger charge is -2.10. The Labute approximate surface area is 315 Å². The second-order valence-electron chi connectivity index (χ2n) is 13.5. The van der Waals surface area contributed by atoms with Crippen molar-refractivity contribution in [1.29, 1.82) is 5.41 Å². The molecule has 0 saturated carbocycles. The van der Waals surface area contributed by atoms with Crippen LogP contribution in [-0.2, 0) is 6.54 Å². The highest BCUT2D eigenvalue weighted by molar-refractivity contribution is 6.28. The van der Waals surface area contributed by atoms with E-state index in [-0.39, 0.29) is 0 Å². The maximum absolute atomic E-state index is 7.78. The maximum atomic E-state index is 7.78. The fourth-order valence-electron chi connectivity index (χ4n) is 7.21. The second kappa shape index (κ2) is 15.4. The molecule has 3 nitrogen and oxygen atoms in total. The Balaban J connectivity index is 0.000000129. The normalized spacial score (nSPS) is 10.9. The first-order chi connectivity index (χ1) is 26.6. The summed E-state index contributed by atoms with van der Waals surface area (Å²) >= 11 is 0. The minimum Gasteiger partial charge on any atom is -0.456 e. The molecule has 10 rings (SSSR count). The van der Waals surface area contributed by atoms with Gasteiger partial charge >= 0.3 is 0 Å². The van der Waals surface area contributed by atoms with Crippen molar-refractivity contribution in [2.24, 2.45) is 5.73 Å². The quantitative estimate of drug-likeness (QED) is 0.142. The molecule has 0 unspecified atom stereocenters. The predicted octanol–water partition coefficient (Wildman–Crippen LogP) is 13.5. The van der Waals surface area contributed by atoms with Gasteiger partial charge in [-0.3, -0.25) is 0 Å². The first kappa shape index (κ1) is 34.3. The Kier molecular flexibility index (Phi) is 9.80. The van der Waals surface area contributed by atoms with Crippen LogP contribution in [0.3, 0.4) is 0 Å². The summed E-state index contributed by atoms with van der Waals surface area (Å²) in [5.41, 5.74) is 15.6. The van der Waals surface area contributed by atoms with E-state index in [2.05, 4.69) is 153 Å². The van der Waals surface area contributed by atoms with Crippen molar-refractivity contribution < 1.29 is 4.42 Å². The molecular formula is C51H40N2O. The van der Waals surface area contributed by atoms with Gasteiger partial charge in [-0.05, 0) is 85.3 Å². The number of furan rings is 1. The van der Waals surface area contributed by atoms with Crippen LogP contribution in [0.2, 0.25) is 0 Å². The van der Waals surface area contributed by atoms with Crippen molar-refractivity contribution in [3.05, 3.63) is 205 Å². The summed E-state index contributed by atoms with van der Waals surface area (Å²) in [4.78, 5) is 0. The van der Waals surface area contributed by atoms with Gasteiger partial charge in [0.25, 0.3) is 0 Å². The van der Waals surface area contributed by atoms with Crippen LogP contribution in [0.4, 0.5) is 0 Å². The van der Waals surface area contributed by atoms with Crippen LogP contribution in [0, 0.1) is 12.3 Å². The van der Waals surface area contributed by atoms with Gasteiger partial charge in [-0.2, -0.15) is 0 Å². The van der Waals surface area contributed by atoms with Gasteiger partial charge in [0.2, 0.25) is 0 Å². The van der Waals surface area contributed by atoms with Crippen molar-refractivity contribution >= 4 is 60.5 Å². The van der Waals surface area contributed by atoms with Gasteiger partial charge in [0.15, 0.2) is 0 Å². The Hall–Kier alpha value is -6.81. The van der Waals surface area contributed by atoms with Crippen LogP contribution >= 0.6 is 0 Å². The van der Waals surface area contributed by atoms with E-state index in [9.17, 15) is 0 Å². The number of rotatable bonds is 4. The fourth-order valence-corrected chi connectivity index (χ4v) is 7.21. The predicted molar refractivity (Wildman–Crippen MR) is 231 cm³/mol. The molecule has 260 valence electrons. The molecule has 0 fully saturated rings. The van der Waals surface area contributed by atoms with Crippen molar-refractivity contribution in [2.75, 3.05) is 0 Å². The summed E-state index contributed by atoms with van der Waals surface area (Å²) < 4.78 is 6.16. The zero-order valence-electron chi connectivity index (χ0n) is 30.2. The number of nitrogens with one attached hydrogen (secondary N) is 1. The number of hydrogen-bond acceptors (Lipinski definition) is 3. The second-order valence-corrected chi connectivity index (χ2v) is 13.5. The molecule has 0 aliphatic carbocycles. The summed E-state index contributed by atoms with van der Waals surface area (Å²) in [6, 6.07) is 65.1. The Bertz CT molecular complexity index is 2860. The molecule has 0 atom stereocenters. The van der Waals surface area contributed by atoms with Crippen molar-refractivity contribution in [3.8, 4) is 22.3 Å². The lowest BCUT2D eigenvalue weighted by atomic mass is 9.93. The summed E-state index contributed by atoms with van der Waals surface area (Å²) in [6.07, 6.45) is 1.40. The molecular weight excluding hydrogens is 657 g/mol. The summed E-state index contributed by atoms with van der Waals surface area (Å²) in [5.74, 6) is 0. The molecule has 0 radical (unpaired) electrons. The van der Waals surface area contributed by atoms with Crippen molar-refractivity contribution in [1.82, 2.24) is 0 Å². The van der Waals surface area contributed by atoms with Crippen LogP contribution in [-0.4, -0.2) is 6.21 Å². The van der Waals surface area contributed by atoms with Gasteiger partial charge in [0, 0.05) is 29.1 Å². The molecule has 1 heterocycles. The van der Waals surface area contributed by atoms with Gasteiger partial charge in [-0.25, -0.2) is 0 Å². The first-order valence-electron chi connectivity index (χ1n) is 18.3. The van der Waals surface area contributed by atoms with Crippen LogP contribution in [0.25, 0.3) is 76.5 Å². The van der Waals surface area contributed by atoms with Gasteiger partial charge in [0.1, 0.15) is 11.2 Å². The summed E-state index contributed by atoms with van der Waals surface area (Å²) in [6.45, 7) is 2.71. The van der Waals surface area contributed by atoms with Crippen LogP contribution in [0.1, 0.15) is 16.7 Å². The first-order valence-corrected chi connectivity index (χ1v) is 18.3. The smallest absolute Gasteiger partial charge is 0.136 e. The van der Waals surface area contributed by atoms with Crippen LogP contribution in [0.15, 0.2) is 192 Å². The van der Waals surface area contributed by atoms with E-state index < -0.39 is 0 Å². The number of benzene rings is 9. The van der Waals surface area contributed by atoms with E-state index >= 15 is 0 Å². The molecule has 0 bridgehead atoms. The minimum absolute atomic E-state index is 0.606. The summed E-state index contributed by atoms with van der Waals surface area (Å²) in [7, 11) is 0. The van der Waals surface area contributed by atoms with Crippen molar-refractivity contribution in [2.45, 2.75) is 13.5 Å². The van der Waals surface area contributed by atoms with Gasteiger partial charge in [-0.15, -0.1) is 0 Å². The number of hydrogen-bond donors (Lipinski definition) is 2. The standard InChI is InChI=1S/C25H15NO.C13H13N.C13H12/c26-14-15-6-5-11-23-25(15)22-12-20-18-9-3-1-7-16(18)17-8-2-4-10-19(17)21(20)13-24(22)27-23;14-10-11-6-8-13(9-7-11)12-4-2-1-3-5-12;1-11-7-9-13(10-8-11)12-5-3-2-4-6-12/h1-14,26H;1-9H,10,14H2;2-10H,1H3. The van der Waals surface area contributed by atoms with E-state index in [1.807, 2.05) is 42.5 Å². The highest BCUT2D eigenvalue weighted by Crippen LogP contribution is 2.40. The Morgan fingerprint density at radius 1 is 0.444 bits per heavy atom. The van der Waals surface area contributed by atoms with Gasteiger partial charge in [-0.1, -0.05) is 175 Å². The summed E-state index contributed by atoms with van der Waals surface area (Å²) in [5, 5.41) is 17.3. The number of fused-ring (bicyclic) bond motifs is 9. The molecule has 10 aromatic rings. The number of nitrogens with two attached hydrogens (primary N) is 1. The average molecular weight is 697 g/mol. The Morgan fingerprint density at radius 2 is 0.907 bits per heavy atom. The van der Waals surface area contributed by atoms with E-state index in [4.69, 9.17) is 15.6 Å². The lowest BCUT2D eigenvalue weighted by Crippen LogP contribution is -1.95. The molecule has 0 saturated heterocycles. The molecule has 1 aromatic heterocycles. The largest absolute Gasteiger partial charge is 0.456 e. The zero-order valence-corrected chi connectivity index (χ0v) is 30.2. The molecule has 3 heteroatoms. The van der Waals surface area contributed by atoms with Crippen LogP contribution < -0.4 is 5.73 Å². The SMILES string of the molecule is Cc1ccc(-c2ccccc2)cc1.N=Cc1cccc2oc3cc4c5ccccc5c5ccccc5c4cc3c12.NCc1ccc(-c2ccccc2)cc1. The molecule has 54 heavy (non-hydrogen) atoms. The molecule has 0 amide bonds. The molecule has 3 N–H and O–H groups in total. The average Bonchev–Trinajstić information content (AvgIpc) is 3.62. The fraction of sp³-hybridized carbons (Fsp3) is 0.0392. The van der Waals surface area contributed by atoms with E-state index in [1.165, 1.54) is 71.9 Å².